The molecule has 0 aliphatic carbocycles. The number of hydrogen-bond acceptors (Lipinski definition) is 3. The van der Waals surface area contributed by atoms with Crippen LogP contribution in [0.15, 0.2) is 47.4 Å². The first-order valence-electron chi connectivity index (χ1n) is 7.26. The summed E-state index contributed by atoms with van der Waals surface area (Å²) >= 11 is 12.6. The summed E-state index contributed by atoms with van der Waals surface area (Å²) in [7, 11) is -3.72. The van der Waals surface area contributed by atoms with Gasteiger partial charge in [0.1, 0.15) is 4.90 Å². The summed E-state index contributed by atoms with van der Waals surface area (Å²) in [5.74, 6) is 0. The van der Waals surface area contributed by atoms with E-state index in [0.29, 0.717) is 31.7 Å². The second kappa shape index (κ2) is 6.79. The van der Waals surface area contributed by atoms with Crippen LogP contribution in [0.5, 0.6) is 0 Å². The minimum Gasteiger partial charge on any atom is -0.314 e. The van der Waals surface area contributed by atoms with Gasteiger partial charge in [0.2, 0.25) is 10.0 Å². The lowest BCUT2D eigenvalue weighted by Gasteiger charge is -2.27. The number of piperazine rings is 1. The average Bonchev–Trinajstić information content (AvgIpc) is 2.56. The molecule has 0 radical (unpaired) electrons. The van der Waals surface area contributed by atoms with Crippen LogP contribution >= 0.6 is 23.2 Å². The predicted molar refractivity (Wildman–Crippen MR) is 93.5 cm³/mol. The van der Waals surface area contributed by atoms with E-state index < -0.39 is 10.0 Å². The van der Waals surface area contributed by atoms with Crippen molar-refractivity contribution in [2.45, 2.75) is 4.90 Å². The first kappa shape index (κ1) is 16.7. The molecule has 0 amide bonds. The fourth-order valence-electron chi connectivity index (χ4n) is 2.62. The van der Waals surface area contributed by atoms with E-state index in [-0.39, 0.29) is 14.9 Å². The molecule has 2 aromatic carbocycles. The Morgan fingerprint density at radius 1 is 0.957 bits per heavy atom. The monoisotopic (exact) mass is 370 g/mol. The van der Waals surface area contributed by atoms with Crippen molar-refractivity contribution < 1.29 is 8.42 Å². The van der Waals surface area contributed by atoms with Crippen LogP contribution in [-0.4, -0.2) is 38.9 Å². The lowest BCUT2D eigenvalue weighted by Crippen LogP contribution is -2.46. The smallest absolute Gasteiger partial charge is 0.246 e. The Labute approximate surface area is 146 Å². The molecule has 0 aromatic heterocycles. The van der Waals surface area contributed by atoms with Crippen LogP contribution < -0.4 is 5.32 Å². The molecule has 1 aliphatic rings. The largest absolute Gasteiger partial charge is 0.314 e. The van der Waals surface area contributed by atoms with Crippen molar-refractivity contribution >= 4 is 33.2 Å². The summed E-state index contributed by atoms with van der Waals surface area (Å²) in [6.07, 6.45) is 0. The molecule has 0 bridgehead atoms. The van der Waals surface area contributed by atoms with Crippen molar-refractivity contribution in [2.24, 2.45) is 0 Å². The number of halogens is 2. The molecular weight excluding hydrogens is 355 g/mol. The first-order valence-corrected chi connectivity index (χ1v) is 9.45. The molecule has 2 aromatic rings. The van der Waals surface area contributed by atoms with Gasteiger partial charge in [-0.1, -0.05) is 59.6 Å². The van der Waals surface area contributed by atoms with E-state index >= 15 is 0 Å². The molecule has 1 fully saturated rings. The summed E-state index contributed by atoms with van der Waals surface area (Å²) in [4.78, 5) is -0.0101. The zero-order valence-electron chi connectivity index (χ0n) is 12.3. The number of hydrogen-bond donors (Lipinski definition) is 1. The van der Waals surface area contributed by atoms with Gasteiger partial charge in [-0.05, 0) is 11.6 Å². The number of nitrogens with one attached hydrogen (secondary N) is 1. The van der Waals surface area contributed by atoms with Crippen LogP contribution in [-0.2, 0) is 10.0 Å². The Bertz CT molecular complexity index is 804. The maximum atomic E-state index is 12.9. The highest BCUT2D eigenvalue weighted by atomic mass is 35.5. The number of rotatable bonds is 3. The quantitative estimate of drug-likeness (QED) is 0.901. The zero-order valence-corrected chi connectivity index (χ0v) is 14.6. The van der Waals surface area contributed by atoms with E-state index in [9.17, 15) is 8.42 Å². The summed E-state index contributed by atoms with van der Waals surface area (Å²) < 4.78 is 27.3. The third-order valence-electron chi connectivity index (χ3n) is 3.81. The normalized spacial score (nSPS) is 16.4. The van der Waals surface area contributed by atoms with E-state index in [1.54, 1.807) is 12.1 Å². The Balaban J connectivity index is 2.12. The molecule has 0 spiro atoms. The molecule has 1 saturated heterocycles. The number of benzene rings is 2. The van der Waals surface area contributed by atoms with Gasteiger partial charge in [-0.25, -0.2) is 8.42 Å². The van der Waals surface area contributed by atoms with Crippen molar-refractivity contribution in [3.63, 3.8) is 0 Å². The van der Waals surface area contributed by atoms with Crippen molar-refractivity contribution in [2.75, 3.05) is 26.2 Å². The fourth-order valence-corrected chi connectivity index (χ4v) is 5.26. The third-order valence-corrected chi connectivity index (χ3v) is 6.72. The third kappa shape index (κ3) is 3.25. The number of nitrogens with zero attached hydrogens (tertiary/aromatic N) is 1. The average molecular weight is 371 g/mol. The van der Waals surface area contributed by atoms with Gasteiger partial charge in [-0.15, -0.1) is 0 Å². The summed E-state index contributed by atoms with van der Waals surface area (Å²) in [5, 5.41) is 3.45. The summed E-state index contributed by atoms with van der Waals surface area (Å²) in [6.45, 7) is 2.05. The van der Waals surface area contributed by atoms with E-state index in [1.807, 2.05) is 30.3 Å². The molecule has 1 aliphatic heterocycles. The van der Waals surface area contributed by atoms with Crippen LogP contribution in [0.2, 0.25) is 10.0 Å². The second-order valence-corrected chi connectivity index (χ2v) is 7.92. The lowest BCUT2D eigenvalue weighted by molar-refractivity contribution is 0.360. The molecular formula is C16H16Cl2N2O2S. The zero-order chi connectivity index (χ0) is 16.4. The molecule has 1 heterocycles. The second-order valence-electron chi connectivity index (χ2n) is 5.26. The number of sulfonamides is 1. The van der Waals surface area contributed by atoms with Crippen molar-refractivity contribution in [1.82, 2.24) is 9.62 Å². The molecule has 122 valence electrons. The van der Waals surface area contributed by atoms with E-state index in [4.69, 9.17) is 23.2 Å². The Hall–Kier alpha value is -1.11. The first-order chi connectivity index (χ1) is 11.0. The van der Waals surface area contributed by atoms with Gasteiger partial charge in [-0.2, -0.15) is 4.31 Å². The molecule has 0 unspecified atom stereocenters. The van der Waals surface area contributed by atoms with Crippen LogP contribution in [0.3, 0.4) is 0 Å². The summed E-state index contributed by atoms with van der Waals surface area (Å²) in [5.41, 5.74) is 1.51. The minimum absolute atomic E-state index is 0.0101. The molecule has 4 nitrogen and oxygen atoms in total. The van der Waals surface area contributed by atoms with Gasteiger partial charge < -0.3 is 5.32 Å². The highest BCUT2D eigenvalue weighted by molar-refractivity contribution is 7.89. The maximum absolute atomic E-state index is 12.9. The van der Waals surface area contributed by atoms with Gasteiger partial charge >= 0.3 is 0 Å². The van der Waals surface area contributed by atoms with Crippen molar-refractivity contribution in [1.29, 1.82) is 0 Å². The van der Waals surface area contributed by atoms with Gasteiger partial charge in [-0.3, -0.25) is 0 Å². The highest BCUT2D eigenvalue weighted by Crippen LogP contribution is 2.38. The molecule has 3 rings (SSSR count). The topological polar surface area (TPSA) is 49.4 Å². The highest BCUT2D eigenvalue weighted by Gasteiger charge is 2.31. The van der Waals surface area contributed by atoms with Crippen LogP contribution in [0.1, 0.15) is 0 Å². The van der Waals surface area contributed by atoms with E-state index in [2.05, 4.69) is 5.32 Å². The van der Waals surface area contributed by atoms with Gasteiger partial charge in [0, 0.05) is 31.7 Å². The van der Waals surface area contributed by atoms with Gasteiger partial charge in [0.05, 0.1) is 10.0 Å². The Morgan fingerprint density at radius 3 is 2.26 bits per heavy atom. The predicted octanol–water partition coefficient (Wildman–Crippen LogP) is 3.25. The molecule has 23 heavy (non-hydrogen) atoms. The molecule has 7 heteroatoms. The van der Waals surface area contributed by atoms with Crippen LogP contribution in [0, 0.1) is 0 Å². The van der Waals surface area contributed by atoms with Crippen LogP contribution in [0.4, 0.5) is 0 Å². The summed E-state index contributed by atoms with van der Waals surface area (Å²) in [6, 6.07) is 12.8. The van der Waals surface area contributed by atoms with Crippen molar-refractivity contribution in [3.05, 3.63) is 52.5 Å². The minimum atomic E-state index is -3.72. The Morgan fingerprint density at radius 2 is 1.61 bits per heavy atom. The SMILES string of the molecule is O=S(=O)(c1c(Cl)ccc(-c2ccccc2)c1Cl)N1CCNCC1. The molecule has 1 N–H and O–H groups in total. The lowest BCUT2D eigenvalue weighted by atomic mass is 10.1. The van der Waals surface area contributed by atoms with Crippen molar-refractivity contribution in [3.8, 4) is 11.1 Å². The fraction of sp³-hybridized carbons (Fsp3) is 0.250. The van der Waals surface area contributed by atoms with E-state index in [0.717, 1.165) is 5.56 Å². The Kier molecular flexibility index (Phi) is 4.94. The molecule has 0 atom stereocenters. The van der Waals surface area contributed by atoms with Gasteiger partial charge in [0.15, 0.2) is 0 Å². The maximum Gasteiger partial charge on any atom is 0.246 e. The van der Waals surface area contributed by atoms with Crippen LogP contribution in [0.25, 0.3) is 11.1 Å². The molecule has 0 saturated carbocycles. The van der Waals surface area contributed by atoms with E-state index in [1.165, 1.54) is 4.31 Å². The standard InChI is InChI=1S/C16H16Cl2N2O2S/c17-14-7-6-13(12-4-2-1-3-5-12)15(18)16(14)23(21,22)20-10-8-19-9-11-20/h1-7,19H,8-11H2. The van der Waals surface area contributed by atoms with Gasteiger partial charge in [0.25, 0.3) is 0 Å².